The second kappa shape index (κ2) is 9.14. The zero-order valence-corrected chi connectivity index (χ0v) is 19.0. The molecule has 0 atom stereocenters. The van der Waals surface area contributed by atoms with Crippen molar-refractivity contribution in [2.24, 2.45) is 7.05 Å². The number of fused-ring (bicyclic) bond motifs is 1. The Morgan fingerprint density at radius 3 is 2.82 bits per heavy atom. The van der Waals surface area contributed by atoms with Gasteiger partial charge < -0.3 is 10.6 Å². The van der Waals surface area contributed by atoms with Crippen LogP contribution in [0.2, 0.25) is 5.02 Å². The molecule has 1 fully saturated rings. The molecular formula is C24H23ClN8. The normalized spacial score (nSPS) is 13.2. The molecule has 1 aliphatic rings. The fraction of sp³-hybridized carbons (Fsp3) is 0.292. The number of anilines is 1. The molecule has 0 bridgehead atoms. The van der Waals surface area contributed by atoms with E-state index >= 15 is 0 Å². The smallest absolute Gasteiger partial charge is 0.183 e. The lowest BCUT2D eigenvalue weighted by Gasteiger charge is -2.13. The zero-order valence-electron chi connectivity index (χ0n) is 18.2. The summed E-state index contributed by atoms with van der Waals surface area (Å²) in [5.74, 6) is 0.460. The number of pyridine rings is 1. The van der Waals surface area contributed by atoms with Gasteiger partial charge in [-0.3, -0.25) is 9.67 Å². The van der Waals surface area contributed by atoms with Gasteiger partial charge in [0.2, 0.25) is 0 Å². The van der Waals surface area contributed by atoms with Crippen LogP contribution in [-0.2, 0) is 7.05 Å². The molecule has 8 nitrogen and oxygen atoms in total. The molecule has 3 heterocycles. The largest absolute Gasteiger partial charge is 0.368 e. The Balaban J connectivity index is 1.54. The second-order valence-electron chi connectivity index (χ2n) is 8.15. The summed E-state index contributed by atoms with van der Waals surface area (Å²) in [5, 5.41) is 22.5. The van der Waals surface area contributed by atoms with Crippen molar-refractivity contribution in [2.45, 2.75) is 25.3 Å². The van der Waals surface area contributed by atoms with Crippen molar-refractivity contribution in [1.82, 2.24) is 30.0 Å². The first kappa shape index (κ1) is 21.3. The van der Waals surface area contributed by atoms with Crippen molar-refractivity contribution in [3.8, 4) is 28.7 Å². The third-order valence-corrected chi connectivity index (χ3v) is 5.83. The average Bonchev–Trinajstić information content (AvgIpc) is 3.56. The average molecular weight is 459 g/mol. The first-order chi connectivity index (χ1) is 16.1. The van der Waals surface area contributed by atoms with Gasteiger partial charge in [0.1, 0.15) is 23.2 Å². The molecule has 4 aromatic rings. The van der Waals surface area contributed by atoms with Crippen LogP contribution in [0.3, 0.4) is 0 Å². The molecule has 5 rings (SSSR count). The molecule has 166 valence electrons. The van der Waals surface area contributed by atoms with E-state index in [0.29, 0.717) is 46.0 Å². The molecule has 1 aliphatic carbocycles. The number of nitrogens with zero attached hydrogens (tertiary/aromatic N) is 6. The highest BCUT2D eigenvalue weighted by Crippen LogP contribution is 2.34. The van der Waals surface area contributed by atoms with Crippen molar-refractivity contribution >= 4 is 28.3 Å². The maximum absolute atomic E-state index is 9.80. The Labute approximate surface area is 196 Å². The summed E-state index contributed by atoms with van der Waals surface area (Å²) in [6.07, 6.45) is 7.02. The van der Waals surface area contributed by atoms with Crippen molar-refractivity contribution in [3.63, 3.8) is 0 Å². The maximum atomic E-state index is 9.80. The Kier molecular flexibility index (Phi) is 5.90. The van der Waals surface area contributed by atoms with E-state index in [1.165, 1.54) is 12.8 Å². The minimum Gasteiger partial charge on any atom is -0.368 e. The monoisotopic (exact) mass is 458 g/mol. The Bertz CT molecular complexity index is 1350. The molecule has 0 amide bonds. The van der Waals surface area contributed by atoms with Crippen LogP contribution in [-0.4, -0.2) is 43.9 Å². The fourth-order valence-electron chi connectivity index (χ4n) is 3.73. The highest BCUT2D eigenvalue weighted by atomic mass is 35.5. The van der Waals surface area contributed by atoms with Gasteiger partial charge >= 0.3 is 0 Å². The Hall–Kier alpha value is -3.54. The van der Waals surface area contributed by atoms with Gasteiger partial charge in [-0.05, 0) is 50.1 Å². The van der Waals surface area contributed by atoms with Crippen LogP contribution in [0.1, 0.15) is 25.0 Å². The lowest BCUT2D eigenvalue weighted by Crippen LogP contribution is -2.20. The number of hydrogen-bond acceptors (Lipinski definition) is 7. The van der Waals surface area contributed by atoms with Gasteiger partial charge in [0.15, 0.2) is 11.5 Å². The van der Waals surface area contributed by atoms with Gasteiger partial charge in [-0.25, -0.2) is 9.97 Å². The molecule has 1 aromatic carbocycles. The summed E-state index contributed by atoms with van der Waals surface area (Å²) in [5.41, 5.74) is 3.53. The minimum absolute atomic E-state index is 0.238. The molecule has 33 heavy (non-hydrogen) atoms. The van der Waals surface area contributed by atoms with Crippen LogP contribution in [0, 0.1) is 11.3 Å². The van der Waals surface area contributed by atoms with Crippen LogP contribution in [0.5, 0.6) is 0 Å². The second-order valence-corrected chi connectivity index (χ2v) is 8.55. The third kappa shape index (κ3) is 4.65. The summed E-state index contributed by atoms with van der Waals surface area (Å²) < 4.78 is 1.72. The van der Waals surface area contributed by atoms with Gasteiger partial charge in [0, 0.05) is 43.0 Å². The van der Waals surface area contributed by atoms with Gasteiger partial charge in [0.05, 0.1) is 10.5 Å². The maximum Gasteiger partial charge on any atom is 0.183 e. The van der Waals surface area contributed by atoms with Gasteiger partial charge in [-0.15, -0.1) is 0 Å². The molecule has 9 heteroatoms. The van der Waals surface area contributed by atoms with Crippen LogP contribution in [0.4, 0.5) is 5.82 Å². The van der Waals surface area contributed by atoms with E-state index in [1.807, 2.05) is 43.6 Å². The number of nitriles is 1. The molecule has 0 aliphatic heterocycles. The Morgan fingerprint density at radius 2 is 2.06 bits per heavy atom. The molecule has 0 radical (unpaired) electrons. The highest BCUT2D eigenvalue weighted by Gasteiger charge is 2.21. The summed E-state index contributed by atoms with van der Waals surface area (Å²) in [7, 11) is 1.85. The van der Waals surface area contributed by atoms with Crippen LogP contribution in [0.25, 0.3) is 33.5 Å². The topological polar surface area (TPSA) is 104 Å². The van der Waals surface area contributed by atoms with E-state index in [-0.39, 0.29) is 5.69 Å². The van der Waals surface area contributed by atoms with E-state index in [4.69, 9.17) is 21.6 Å². The first-order valence-electron chi connectivity index (χ1n) is 11.0. The van der Waals surface area contributed by atoms with Gasteiger partial charge in [-0.2, -0.15) is 10.4 Å². The zero-order chi connectivity index (χ0) is 22.8. The van der Waals surface area contributed by atoms with Crippen LogP contribution < -0.4 is 10.6 Å². The number of aromatic nitrogens is 5. The van der Waals surface area contributed by atoms with E-state index in [0.717, 1.165) is 23.9 Å². The Morgan fingerprint density at radius 1 is 1.18 bits per heavy atom. The molecule has 0 saturated heterocycles. The first-order valence-corrected chi connectivity index (χ1v) is 11.3. The van der Waals surface area contributed by atoms with E-state index < -0.39 is 0 Å². The molecular weight excluding hydrogens is 436 g/mol. The van der Waals surface area contributed by atoms with Crippen LogP contribution in [0.15, 0.2) is 42.7 Å². The SMILES string of the molecule is Cn1ccc(-c2nc(NCCCNC3CC3)c(C#N)nc2-c2cc(Cl)c3ncccc3c2)n1. The summed E-state index contributed by atoms with van der Waals surface area (Å²) in [6, 6.07) is 12.3. The van der Waals surface area contributed by atoms with Gasteiger partial charge in [0.25, 0.3) is 0 Å². The number of benzene rings is 1. The molecule has 2 N–H and O–H groups in total. The standard InChI is InChI=1S/C24H23ClN8/c1-33-11-7-19(32-33)23-22(16-12-15-4-2-8-28-21(15)18(25)13-16)30-20(14-26)24(31-23)29-10-3-9-27-17-5-6-17/h2,4,7-8,11-13,17,27H,3,5-6,9-10H2,1H3,(H,29,31). The van der Waals surface area contributed by atoms with Crippen molar-refractivity contribution in [1.29, 1.82) is 5.26 Å². The van der Waals surface area contributed by atoms with Crippen molar-refractivity contribution < 1.29 is 0 Å². The van der Waals surface area contributed by atoms with E-state index in [9.17, 15) is 5.26 Å². The van der Waals surface area contributed by atoms with Gasteiger partial charge in [-0.1, -0.05) is 17.7 Å². The summed E-state index contributed by atoms with van der Waals surface area (Å²) in [4.78, 5) is 13.9. The van der Waals surface area contributed by atoms with E-state index in [2.05, 4.69) is 26.8 Å². The van der Waals surface area contributed by atoms with E-state index in [1.54, 1.807) is 10.9 Å². The lowest BCUT2D eigenvalue weighted by molar-refractivity contribution is 0.658. The quantitative estimate of drug-likeness (QED) is 0.382. The number of hydrogen-bond donors (Lipinski definition) is 2. The number of nitrogens with one attached hydrogen (secondary N) is 2. The molecule has 0 unspecified atom stereocenters. The number of halogens is 1. The molecule has 1 saturated carbocycles. The predicted octanol–water partition coefficient (Wildman–Crippen LogP) is 4.17. The summed E-state index contributed by atoms with van der Waals surface area (Å²) >= 11 is 6.53. The number of aryl methyl sites for hydroxylation is 1. The lowest BCUT2D eigenvalue weighted by atomic mass is 10.0. The fourth-order valence-corrected chi connectivity index (χ4v) is 4.01. The minimum atomic E-state index is 0.238. The van der Waals surface area contributed by atoms with Crippen molar-refractivity contribution in [2.75, 3.05) is 18.4 Å². The summed E-state index contributed by atoms with van der Waals surface area (Å²) in [6.45, 7) is 1.62. The van der Waals surface area contributed by atoms with Crippen molar-refractivity contribution in [3.05, 3.63) is 53.4 Å². The number of rotatable bonds is 8. The molecule has 3 aromatic heterocycles. The predicted molar refractivity (Wildman–Crippen MR) is 129 cm³/mol. The highest BCUT2D eigenvalue weighted by molar-refractivity contribution is 6.35. The third-order valence-electron chi connectivity index (χ3n) is 5.55. The van der Waals surface area contributed by atoms with Crippen LogP contribution >= 0.6 is 11.6 Å². The molecule has 0 spiro atoms.